The molecule has 0 aliphatic heterocycles. The number of hydrogen-bond donors (Lipinski definition) is 5. The molecule has 0 saturated carbocycles. The van der Waals surface area contributed by atoms with Gasteiger partial charge in [-0.3, -0.25) is 4.79 Å². The fourth-order valence-corrected chi connectivity index (χ4v) is 2.14. The Kier molecular flexibility index (Phi) is 2.84. The monoisotopic (exact) mass is 304 g/mol. The maximum atomic E-state index is 12.1. The second-order valence-electron chi connectivity index (χ2n) is 4.65. The van der Waals surface area contributed by atoms with Crippen LogP contribution in [0.4, 0.5) is 0 Å². The molecule has 0 amide bonds. The highest BCUT2D eigenvalue weighted by Gasteiger charge is 2.19. The fourth-order valence-electron chi connectivity index (χ4n) is 2.14. The first-order valence-electron chi connectivity index (χ1n) is 6.12. The zero-order valence-corrected chi connectivity index (χ0v) is 10.9. The van der Waals surface area contributed by atoms with E-state index in [4.69, 9.17) is 4.42 Å². The van der Waals surface area contributed by atoms with Gasteiger partial charge in [-0.15, -0.1) is 0 Å². The van der Waals surface area contributed by atoms with E-state index < -0.39 is 22.7 Å². The Labute approximate surface area is 122 Å². The standard InChI is InChI=1S/C15H10O7/c16-7-4-10(19)12-11(5-7)22-15(14(21)13(12)20)6-1-2-8(17)9(18)3-6/h1-5,16-19,21H/i15+2. The predicted octanol–water partition coefficient (Wildman–Crippen LogP) is 1.99. The van der Waals surface area contributed by atoms with Gasteiger partial charge in [0.1, 0.15) is 22.5 Å². The highest BCUT2D eigenvalue weighted by Crippen LogP contribution is 2.37. The number of phenols is 4. The number of fused-ring (bicyclic) bond motifs is 1. The first kappa shape index (κ1) is 13.6. The highest BCUT2D eigenvalue weighted by atomic mass is 16.5. The summed E-state index contributed by atoms with van der Waals surface area (Å²) in [4.78, 5) is 12.1. The summed E-state index contributed by atoms with van der Waals surface area (Å²) in [7, 11) is 0. The van der Waals surface area contributed by atoms with Gasteiger partial charge >= 0.3 is 0 Å². The topological polar surface area (TPSA) is 131 Å². The molecule has 7 heteroatoms. The van der Waals surface area contributed by atoms with Crippen LogP contribution in [0, 0.1) is 0 Å². The molecule has 0 saturated heterocycles. The number of aromatic hydroxyl groups is 5. The van der Waals surface area contributed by atoms with Gasteiger partial charge in [-0.25, -0.2) is 0 Å². The van der Waals surface area contributed by atoms with Gasteiger partial charge < -0.3 is 29.9 Å². The SMILES string of the molecule is O=c1c(O)[14c](-c2ccc(O)c(O)c2)oc2cc(O)cc(O)c12. The van der Waals surface area contributed by atoms with E-state index in [0.29, 0.717) is 0 Å². The Balaban J connectivity index is 2.38. The maximum Gasteiger partial charge on any atom is 0.238 e. The molecule has 0 bridgehead atoms. The Morgan fingerprint density at radius 2 is 1.59 bits per heavy atom. The molecule has 1 aromatic heterocycles. The van der Waals surface area contributed by atoms with Crippen molar-refractivity contribution in [3.05, 3.63) is 40.6 Å². The molecule has 2 aromatic carbocycles. The molecular formula is C15H10O7. The van der Waals surface area contributed by atoms with Gasteiger partial charge in [-0.05, 0) is 18.2 Å². The minimum Gasteiger partial charge on any atom is -0.508 e. The highest BCUT2D eigenvalue weighted by molar-refractivity contribution is 5.88. The number of hydrogen-bond acceptors (Lipinski definition) is 7. The van der Waals surface area contributed by atoms with Crippen LogP contribution in [0.15, 0.2) is 39.5 Å². The lowest BCUT2D eigenvalue weighted by Crippen LogP contribution is -2.02. The van der Waals surface area contributed by atoms with Crippen LogP contribution in [0.25, 0.3) is 22.3 Å². The van der Waals surface area contributed by atoms with Crippen molar-refractivity contribution in [3.63, 3.8) is 0 Å². The van der Waals surface area contributed by atoms with Crippen LogP contribution in [0.1, 0.15) is 0 Å². The quantitative estimate of drug-likeness (QED) is 0.434. The van der Waals surface area contributed by atoms with Gasteiger partial charge in [0.2, 0.25) is 11.2 Å². The second-order valence-corrected chi connectivity index (χ2v) is 4.65. The van der Waals surface area contributed by atoms with Crippen molar-refractivity contribution in [2.24, 2.45) is 0 Å². The summed E-state index contributed by atoms with van der Waals surface area (Å²) in [6, 6.07) is 5.64. The molecule has 0 aliphatic carbocycles. The smallest absolute Gasteiger partial charge is 0.238 e. The Morgan fingerprint density at radius 3 is 2.27 bits per heavy atom. The molecule has 7 nitrogen and oxygen atoms in total. The van der Waals surface area contributed by atoms with Crippen LogP contribution in [0.3, 0.4) is 0 Å². The minimum absolute atomic E-state index is 0.134. The third-order valence-electron chi connectivity index (χ3n) is 3.17. The van der Waals surface area contributed by atoms with E-state index in [1.54, 1.807) is 0 Å². The van der Waals surface area contributed by atoms with Crippen LogP contribution in [0.5, 0.6) is 28.7 Å². The van der Waals surface area contributed by atoms with Crippen molar-refractivity contribution >= 4 is 11.0 Å². The molecule has 0 radical (unpaired) electrons. The molecule has 3 rings (SSSR count). The summed E-state index contributed by atoms with van der Waals surface area (Å²) >= 11 is 0. The zero-order valence-electron chi connectivity index (χ0n) is 10.9. The van der Waals surface area contributed by atoms with Crippen molar-refractivity contribution < 1.29 is 29.9 Å². The van der Waals surface area contributed by atoms with Crippen molar-refractivity contribution in [2.45, 2.75) is 0 Å². The molecule has 0 aliphatic rings. The molecule has 0 unspecified atom stereocenters. The van der Waals surface area contributed by atoms with E-state index in [1.807, 2.05) is 0 Å². The second kappa shape index (κ2) is 4.59. The van der Waals surface area contributed by atoms with Gasteiger partial charge in [-0.1, -0.05) is 0 Å². The fraction of sp³-hybridized carbons (Fsp3) is 0. The normalized spacial score (nSPS) is 10.9. The average molecular weight is 304 g/mol. The van der Waals surface area contributed by atoms with E-state index in [1.165, 1.54) is 6.07 Å². The molecule has 0 spiro atoms. The van der Waals surface area contributed by atoms with E-state index in [9.17, 15) is 30.3 Å². The van der Waals surface area contributed by atoms with Gasteiger partial charge in [0.15, 0.2) is 17.3 Å². The van der Waals surface area contributed by atoms with E-state index in [0.717, 1.165) is 24.3 Å². The van der Waals surface area contributed by atoms with Crippen molar-refractivity contribution in [1.82, 2.24) is 0 Å². The summed E-state index contributed by atoms with van der Waals surface area (Å²) in [6.07, 6.45) is 0. The van der Waals surface area contributed by atoms with Gasteiger partial charge in [-0.2, -0.15) is 0 Å². The maximum absolute atomic E-state index is 12.1. The summed E-state index contributed by atoms with van der Waals surface area (Å²) in [5.74, 6) is -2.71. The molecule has 3 aromatic rings. The van der Waals surface area contributed by atoms with Crippen molar-refractivity contribution in [2.75, 3.05) is 0 Å². The minimum atomic E-state index is -0.888. The molecule has 112 valence electrons. The lowest BCUT2D eigenvalue weighted by Gasteiger charge is -2.08. The average Bonchev–Trinajstić information content (AvgIpc) is 2.45. The van der Waals surface area contributed by atoms with Crippen LogP contribution in [0.2, 0.25) is 0 Å². The van der Waals surface area contributed by atoms with Gasteiger partial charge in [0.05, 0.1) is 0 Å². The van der Waals surface area contributed by atoms with Crippen LogP contribution in [-0.4, -0.2) is 25.5 Å². The molecule has 5 N–H and O–H groups in total. The van der Waals surface area contributed by atoms with Crippen LogP contribution in [-0.2, 0) is 0 Å². The van der Waals surface area contributed by atoms with Crippen molar-refractivity contribution in [3.8, 4) is 40.1 Å². The number of benzene rings is 2. The summed E-state index contributed by atoms with van der Waals surface area (Å²) < 4.78 is 5.35. The Hall–Kier alpha value is -3.35. The Bertz CT molecular complexity index is 956. The third kappa shape index (κ3) is 1.96. The number of rotatable bonds is 1. The summed E-state index contributed by atoms with van der Waals surface area (Å²) in [5, 5.41) is 47.6. The lowest BCUT2D eigenvalue weighted by molar-refractivity contribution is 0.403. The van der Waals surface area contributed by atoms with E-state index >= 15 is 0 Å². The molecule has 0 atom stereocenters. The molecule has 22 heavy (non-hydrogen) atoms. The van der Waals surface area contributed by atoms with Gasteiger partial charge in [0.25, 0.3) is 0 Å². The van der Waals surface area contributed by atoms with E-state index in [-0.39, 0.29) is 33.8 Å². The summed E-state index contributed by atoms with van der Waals surface area (Å²) in [5.41, 5.74) is -0.890. The summed E-state index contributed by atoms with van der Waals surface area (Å²) in [6.45, 7) is 0. The number of phenolic OH excluding ortho intramolecular Hbond substituents is 4. The van der Waals surface area contributed by atoms with Crippen molar-refractivity contribution in [1.29, 1.82) is 0 Å². The largest absolute Gasteiger partial charge is 0.508 e. The first-order chi connectivity index (χ1) is 10.4. The lowest BCUT2D eigenvalue weighted by atomic mass is 10.2. The third-order valence-corrected chi connectivity index (χ3v) is 3.17. The Morgan fingerprint density at radius 1 is 0.864 bits per heavy atom. The van der Waals surface area contributed by atoms with E-state index in [2.05, 4.69) is 0 Å². The molecular weight excluding hydrogens is 294 g/mol. The van der Waals surface area contributed by atoms with Gasteiger partial charge in [0, 0.05) is 17.7 Å². The van der Waals surface area contributed by atoms with Crippen LogP contribution < -0.4 is 5.43 Å². The molecule has 1 heterocycles. The molecule has 0 fully saturated rings. The zero-order chi connectivity index (χ0) is 16.0. The van der Waals surface area contributed by atoms with Crippen LogP contribution >= 0.6 is 0 Å². The first-order valence-corrected chi connectivity index (χ1v) is 6.12. The predicted molar refractivity (Wildman–Crippen MR) is 76.2 cm³/mol.